The predicted octanol–water partition coefficient (Wildman–Crippen LogP) is 4.28. The highest BCUT2D eigenvalue weighted by atomic mass is 16.5. The molecule has 2 aromatic carbocycles. The van der Waals surface area contributed by atoms with E-state index in [9.17, 15) is 9.59 Å². The molecule has 138 valence electrons. The highest BCUT2D eigenvalue weighted by molar-refractivity contribution is 5.93. The SMILES string of the molecule is CCCCOC(=O)c1ccc(NC(=O)COc2cccc(C)c2C)cc1. The van der Waals surface area contributed by atoms with Gasteiger partial charge in [0.05, 0.1) is 12.2 Å². The summed E-state index contributed by atoms with van der Waals surface area (Å²) in [4.78, 5) is 23.9. The zero-order valence-corrected chi connectivity index (χ0v) is 15.5. The molecule has 0 saturated heterocycles. The Bertz CT molecular complexity index is 753. The van der Waals surface area contributed by atoms with Crippen LogP contribution in [-0.2, 0) is 9.53 Å². The van der Waals surface area contributed by atoms with Gasteiger partial charge in [0, 0.05) is 5.69 Å². The molecule has 0 atom stereocenters. The van der Waals surface area contributed by atoms with E-state index in [1.165, 1.54) is 0 Å². The van der Waals surface area contributed by atoms with E-state index < -0.39 is 0 Å². The number of hydrogen-bond acceptors (Lipinski definition) is 4. The van der Waals surface area contributed by atoms with E-state index >= 15 is 0 Å². The summed E-state index contributed by atoms with van der Waals surface area (Å²) < 4.78 is 10.7. The Morgan fingerprint density at radius 3 is 2.46 bits per heavy atom. The molecule has 2 rings (SSSR count). The number of benzene rings is 2. The lowest BCUT2D eigenvalue weighted by atomic mass is 10.1. The number of amides is 1. The molecule has 0 spiro atoms. The highest BCUT2D eigenvalue weighted by Crippen LogP contribution is 2.20. The molecule has 26 heavy (non-hydrogen) atoms. The van der Waals surface area contributed by atoms with Crippen molar-refractivity contribution in [3.8, 4) is 5.75 Å². The van der Waals surface area contributed by atoms with Gasteiger partial charge in [-0.15, -0.1) is 0 Å². The topological polar surface area (TPSA) is 64.6 Å². The van der Waals surface area contributed by atoms with Gasteiger partial charge in [0.1, 0.15) is 5.75 Å². The Hall–Kier alpha value is -2.82. The van der Waals surface area contributed by atoms with Gasteiger partial charge in [0.25, 0.3) is 5.91 Å². The first-order valence-electron chi connectivity index (χ1n) is 8.77. The minimum absolute atomic E-state index is 0.0783. The molecule has 5 nitrogen and oxygen atoms in total. The van der Waals surface area contributed by atoms with E-state index in [0.29, 0.717) is 23.6 Å². The fourth-order valence-electron chi connectivity index (χ4n) is 2.30. The number of nitrogens with one attached hydrogen (secondary N) is 1. The molecule has 5 heteroatoms. The zero-order valence-electron chi connectivity index (χ0n) is 15.5. The minimum atomic E-state index is -0.352. The zero-order chi connectivity index (χ0) is 18.9. The molecule has 2 aromatic rings. The van der Waals surface area contributed by atoms with Crippen molar-refractivity contribution in [1.82, 2.24) is 0 Å². The van der Waals surface area contributed by atoms with E-state index in [1.54, 1.807) is 24.3 Å². The average molecular weight is 355 g/mol. The maximum atomic E-state index is 12.0. The lowest BCUT2D eigenvalue weighted by Gasteiger charge is -2.11. The first-order chi connectivity index (χ1) is 12.5. The van der Waals surface area contributed by atoms with Gasteiger partial charge in [-0.05, 0) is 61.7 Å². The number of anilines is 1. The van der Waals surface area contributed by atoms with Crippen LogP contribution in [0.3, 0.4) is 0 Å². The van der Waals surface area contributed by atoms with Crippen molar-refractivity contribution >= 4 is 17.6 Å². The molecule has 0 aliphatic rings. The average Bonchev–Trinajstić information content (AvgIpc) is 2.63. The van der Waals surface area contributed by atoms with E-state index in [1.807, 2.05) is 39.0 Å². The van der Waals surface area contributed by atoms with Gasteiger partial charge in [-0.2, -0.15) is 0 Å². The van der Waals surface area contributed by atoms with Gasteiger partial charge >= 0.3 is 5.97 Å². The Labute approximate surface area is 154 Å². The smallest absolute Gasteiger partial charge is 0.338 e. The first kappa shape index (κ1) is 19.5. The Morgan fingerprint density at radius 1 is 1.04 bits per heavy atom. The van der Waals surface area contributed by atoms with Crippen molar-refractivity contribution in [2.75, 3.05) is 18.5 Å². The van der Waals surface area contributed by atoms with Crippen LogP contribution in [0.4, 0.5) is 5.69 Å². The van der Waals surface area contributed by atoms with Crippen LogP contribution >= 0.6 is 0 Å². The van der Waals surface area contributed by atoms with E-state index in [4.69, 9.17) is 9.47 Å². The Balaban J connectivity index is 1.85. The van der Waals surface area contributed by atoms with Crippen LogP contribution in [0.15, 0.2) is 42.5 Å². The number of carbonyl (C=O) groups is 2. The van der Waals surface area contributed by atoms with Gasteiger partial charge < -0.3 is 14.8 Å². The first-order valence-corrected chi connectivity index (χ1v) is 8.77. The lowest BCUT2D eigenvalue weighted by molar-refractivity contribution is -0.118. The van der Waals surface area contributed by atoms with Crippen molar-refractivity contribution in [3.05, 3.63) is 59.2 Å². The number of hydrogen-bond donors (Lipinski definition) is 1. The van der Waals surface area contributed by atoms with E-state index in [2.05, 4.69) is 5.32 Å². The van der Waals surface area contributed by atoms with Crippen LogP contribution in [0.1, 0.15) is 41.3 Å². The van der Waals surface area contributed by atoms with Crippen molar-refractivity contribution < 1.29 is 19.1 Å². The predicted molar refractivity (Wildman–Crippen MR) is 102 cm³/mol. The number of ether oxygens (including phenoxy) is 2. The second-order valence-electron chi connectivity index (χ2n) is 6.10. The molecule has 0 bridgehead atoms. The van der Waals surface area contributed by atoms with Gasteiger partial charge in [-0.25, -0.2) is 4.79 Å². The monoisotopic (exact) mass is 355 g/mol. The number of esters is 1. The molecule has 0 aliphatic heterocycles. The molecule has 0 aromatic heterocycles. The molecule has 0 radical (unpaired) electrons. The lowest BCUT2D eigenvalue weighted by Crippen LogP contribution is -2.20. The largest absolute Gasteiger partial charge is 0.483 e. The molecular weight excluding hydrogens is 330 g/mol. The third-order valence-corrected chi connectivity index (χ3v) is 4.05. The van der Waals surface area contributed by atoms with Crippen molar-refractivity contribution in [2.24, 2.45) is 0 Å². The maximum Gasteiger partial charge on any atom is 0.338 e. The molecule has 1 N–H and O–H groups in total. The second kappa shape index (κ2) is 9.61. The fourth-order valence-corrected chi connectivity index (χ4v) is 2.30. The van der Waals surface area contributed by atoms with Gasteiger partial charge in [0.2, 0.25) is 0 Å². The summed E-state index contributed by atoms with van der Waals surface area (Å²) in [5.74, 6) is 0.0871. The molecule has 1 amide bonds. The van der Waals surface area contributed by atoms with Crippen LogP contribution < -0.4 is 10.1 Å². The van der Waals surface area contributed by atoms with Gasteiger partial charge in [-0.1, -0.05) is 25.5 Å². The minimum Gasteiger partial charge on any atom is -0.483 e. The Morgan fingerprint density at radius 2 is 1.77 bits per heavy atom. The number of rotatable bonds is 8. The van der Waals surface area contributed by atoms with Crippen LogP contribution in [-0.4, -0.2) is 25.1 Å². The number of carbonyl (C=O) groups excluding carboxylic acids is 2. The van der Waals surface area contributed by atoms with Gasteiger partial charge in [-0.3, -0.25) is 4.79 Å². The number of aryl methyl sites for hydroxylation is 1. The van der Waals surface area contributed by atoms with Crippen LogP contribution in [0.2, 0.25) is 0 Å². The second-order valence-corrected chi connectivity index (χ2v) is 6.10. The third kappa shape index (κ3) is 5.62. The molecule has 0 aliphatic carbocycles. The summed E-state index contributed by atoms with van der Waals surface area (Å²) in [6.07, 6.45) is 1.82. The summed E-state index contributed by atoms with van der Waals surface area (Å²) in [7, 11) is 0. The summed E-state index contributed by atoms with van der Waals surface area (Å²) in [5, 5.41) is 2.75. The van der Waals surface area contributed by atoms with Crippen LogP contribution in [0.25, 0.3) is 0 Å². The third-order valence-electron chi connectivity index (χ3n) is 4.05. The molecule has 0 heterocycles. The van der Waals surface area contributed by atoms with Crippen molar-refractivity contribution in [3.63, 3.8) is 0 Å². The van der Waals surface area contributed by atoms with Crippen LogP contribution in [0.5, 0.6) is 5.75 Å². The van der Waals surface area contributed by atoms with E-state index in [0.717, 1.165) is 24.0 Å². The summed E-state index contributed by atoms with van der Waals surface area (Å²) in [6, 6.07) is 12.4. The quantitative estimate of drug-likeness (QED) is 0.567. The summed E-state index contributed by atoms with van der Waals surface area (Å²) >= 11 is 0. The molecule has 0 unspecified atom stereocenters. The maximum absolute atomic E-state index is 12.0. The number of unbranched alkanes of at least 4 members (excludes halogenated alkanes) is 1. The standard InChI is InChI=1S/C21H25NO4/c1-4-5-13-25-21(24)17-9-11-18(12-10-17)22-20(23)14-26-19-8-6-7-15(2)16(19)3/h6-12H,4-5,13-14H2,1-3H3,(H,22,23). The van der Waals surface area contributed by atoms with Gasteiger partial charge in [0.15, 0.2) is 6.61 Å². The summed E-state index contributed by atoms with van der Waals surface area (Å²) in [5.41, 5.74) is 3.20. The van der Waals surface area contributed by atoms with E-state index in [-0.39, 0.29) is 18.5 Å². The van der Waals surface area contributed by atoms with Crippen molar-refractivity contribution in [1.29, 1.82) is 0 Å². The van der Waals surface area contributed by atoms with Crippen LogP contribution in [0, 0.1) is 13.8 Å². The fraction of sp³-hybridized carbons (Fsp3) is 0.333. The molecular formula is C21H25NO4. The van der Waals surface area contributed by atoms with Crippen molar-refractivity contribution in [2.45, 2.75) is 33.6 Å². The molecule has 0 saturated carbocycles. The molecule has 0 fully saturated rings. The normalized spacial score (nSPS) is 10.3. The Kier molecular flexibility index (Phi) is 7.21. The highest BCUT2D eigenvalue weighted by Gasteiger charge is 2.09. The summed E-state index contributed by atoms with van der Waals surface area (Å²) in [6.45, 7) is 6.34.